The van der Waals surface area contributed by atoms with Gasteiger partial charge in [-0.25, -0.2) is 14.6 Å². The van der Waals surface area contributed by atoms with E-state index in [4.69, 9.17) is 5.11 Å². The minimum atomic E-state index is -1.01. The quantitative estimate of drug-likeness (QED) is 0.781. The van der Waals surface area contributed by atoms with Crippen molar-refractivity contribution in [3.05, 3.63) is 35.7 Å². The second kappa shape index (κ2) is 6.74. The average molecular weight is 304 g/mol. The first-order valence-electron chi connectivity index (χ1n) is 6.66. The molecular weight excluding hydrogens is 288 g/mol. The predicted molar refractivity (Wildman–Crippen MR) is 74.9 cm³/mol. The molecule has 0 radical (unpaired) electrons. The summed E-state index contributed by atoms with van der Waals surface area (Å²) in [6, 6.07) is 0. The maximum atomic E-state index is 12.2. The molecule has 22 heavy (non-hydrogen) atoms. The van der Waals surface area contributed by atoms with E-state index in [0.29, 0.717) is 17.0 Å². The lowest BCUT2D eigenvalue weighted by molar-refractivity contribution is -0.137. The number of carbonyl (C=O) groups is 2. The summed E-state index contributed by atoms with van der Waals surface area (Å²) in [5.41, 5.74) is 1.55. The Morgan fingerprint density at radius 1 is 1.41 bits per heavy atom. The highest BCUT2D eigenvalue weighted by molar-refractivity contribution is 5.95. The molecule has 0 aliphatic heterocycles. The Hall–Kier alpha value is -2.84. The molecule has 0 fully saturated rings. The van der Waals surface area contributed by atoms with Gasteiger partial charge < -0.3 is 10.4 Å². The number of aliphatic carboxylic acids is 1. The fourth-order valence-corrected chi connectivity index (χ4v) is 1.88. The highest BCUT2D eigenvalue weighted by atomic mass is 16.4. The highest BCUT2D eigenvalue weighted by Crippen LogP contribution is 2.15. The standard InChI is InChI=1S/C13H16N6O3/c1-8(2)12-10(4-14-7-16-12)13(22)15-3-9-5-19(18-17-9)6-11(20)21/h4-5,7-8H,3,6H2,1-2H3,(H,15,22)(H,20,21). The summed E-state index contributed by atoms with van der Waals surface area (Å²) >= 11 is 0. The van der Waals surface area contributed by atoms with Crippen LogP contribution in [0, 0.1) is 0 Å². The Balaban J connectivity index is 2.01. The minimum absolute atomic E-state index is 0.0974. The van der Waals surface area contributed by atoms with Gasteiger partial charge in [0.25, 0.3) is 5.91 Å². The molecule has 2 aromatic rings. The van der Waals surface area contributed by atoms with Gasteiger partial charge in [-0.2, -0.15) is 0 Å². The number of hydrogen-bond donors (Lipinski definition) is 2. The zero-order valence-corrected chi connectivity index (χ0v) is 12.2. The van der Waals surface area contributed by atoms with Gasteiger partial charge in [0, 0.05) is 6.20 Å². The lowest BCUT2D eigenvalue weighted by Gasteiger charge is -2.10. The third-order valence-electron chi connectivity index (χ3n) is 2.85. The smallest absolute Gasteiger partial charge is 0.325 e. The molecule has 0 atom stereocenters. The van der Waals surface area contributed by atoms with Crippen molar-refractivity contribution in [1.82, 2.24) is 30.3 Å². The molecule has 116 valence electrons. The second-order valence-corrected chi connectivity index (χ2v) is 4.96. The summed E-state index contributed by atoms with van der Waals surface area (Å²) in [4.78, 5) is 30.7. The van der Waals surface area contributed by atoms with Crippen LogP contribution in [0.4, 0.5) is 0 Å². The molecule has 9 heteroatoms. The largest absolute Gasteiger partial charge is 0.480 e. The SMILES string of the molecule is CC(C)c1ncncc1C(=O)NCc1cn(CC(=O)O)nn1. The zero-order valence-electron chi connectivity index (χ0n) is 12.2. The molecule has 2 aromatic heterocycles. The monoisotopic (exact) mass is 304 g/mol. The Morgan fingerprint density at radius 2 is 2.18 bits per heavy atom. The molecule has 0 saturated carbocycles. The minimum Gasteiger partial charge on any atom is -0.480 e. The molecular formula is C13H16N6O3. The molecule has 0 spiro atoms. The molecule has 2 rings (SSSR count). The van der Waals surface area contributed by atoms with Crippen LogP contribution in [0.15, 0.2) is 18.7 Å². The number of carboxylic acids is 1. The van der Waals surface area contributed by atoms with Gasteiger partial charge >= 0.3 is 5.97 Å². The summed E-state index contributed by atoms with van der Waals surface area (Å²) in [6.07, 6.45) is 4.35. The normalized spacial score (nSPS) is 10.7. The fourth-order valence-electron chi connectivity index (χ4n) is 1.88. The fraction of sp³-hybridized carbons (Fsp3) is 0.385. The molecule has 0 aliphatic rings. The molecule has 2 N–H and O–H groups in total. The number of nitrogens with one attached hydrogen (secondary N) is 1. The molecule has 2 heterocycles. The van der Waals surface area contributed by atoms with Crippen LogP contribution >= 0.6 is 0 Å². The lowest BCUT2D eigenvalue weighted by Crippen LogP contribution is -2.25. The molecule has 0 aromatic carbocycles. The van der Waals surface area contributed by atoms with Gasteiger partial charge in [0.2, 0.25) is 0 Å². The van der Waals surface area contributed by atoms with Gasteiger partial charge in [-0.05, 0) is 5.92 Å². The molecule has 0 unspecified atom stereocenters. The van der Waals surface area contributed by atoms with Crippen molar-refractivity contribution < 1.29 is 14.7 Å². The van der Waals surface area contributed by atoms with E-state index in [0.717, 1.165) is 0 Å². The number of aromatic nitrogens is 5. The van der Waals surface area contributed by atoms with E-state index in [9.17, 15) is 9.59 Å². The molecule has 0 saturated heterocycles. The van der Waals surface area contributed by atoms with Crippen LogP contribution in [0.1, 0.15) is 41.5 Å². The maximum Gasteiger partial charge on any atom is 0.325 e. The lowest BCUT2D eigenvalue weighted by atomic mass is 10.0. The van der Waals surface area contributed by atoms with Gasteiger partial charge in [-0.1, -0.05) is 19.1 Å². The summed E-state index contributed by atoms with van der Waals surface area (Å²) in [5, 5.41) is 18.8. The van der Waals surface area contributed by atoms with Crippen LogP contribution in [0.5, 0.6) is 0 Å². The molecule has 0 aliphatic carbocycles. The van der Waals surface area contributed by atoms with Crippen molar-refractivity contribution in [3.63, 3.8) is 0 Å². The van der Waals surface area contributed by atoms with Crippen molar-refractivity contribution >= 4 is 11.9 Å². The van der Waals surface area contributed by atoms with Crippen LogP contribution in [0.2, 0.25) is 0 Å². The summed E-state index contributed by atoms with van der Waals surface area (Å²) in [5.74, 6) is -1.22. The summed E-state index contributed by atoms with van der Waals surface area (Å²) in [7, 11) is 0. The van der Waals surface area contributed by atoms with E-state index in [2.05, 4.69) is 25.6 Å². The van der Waals surface area contributed by atoms with E-state index in [1.165, 1.54) is 23.4 Å². The third-order valence-corrected chi connectivity index (χ3v) is 2.85. The topological polar surface area (TPSA) is 123 Å². The molecule has 0 bridgehead atoms. The van der Waals surface area contributed by atoms with Crippen LogP contribution in [-0.4, -0.2) is 41.9 Å². The number of carbonyl (C=O) groups excluding carboxylic acids is 1. The highest BCUT2D eigenvalue weighted by Gasteiger charge is 2.15. The molecule has 1 amide bonds. The Morgan fingerprint density at radius 3 is 2.86 bits per heavy atom. The number of carboxylic acid groups (broad SMARTS) is 1. The van der Waals surface area contributed by atoms with E-state index in [1.54, 1.807) is 0 Å². The number of nitrogens with zero attached hydrogens (tertiary/aromatic N) is 5. The first kappa shape index (κ1) is 15.5. The maximum absolute atomic E-state index is 12.2. The summed E-state index contributed by atoms with van der Waals surface area (Å²) in [6.45, 7) is 3.75. The van der Waals surface area contributed by atoms with Crippen LogP contribution in [-0.2, 0) is 17.9 Å². The molecule has 9 nitrogen and oxygen atoms in total. The Labute approximate surface area is 126 Å². The van der Waals surface area contributed by atoms with E-state index < -0.39 is 5.97 Å². The van der Waals surface area contributed by atoms with Crippen molar-refractivity contribution in [2.75, 3.05) is 0 Å². The van der Waals surface area contributed by atoms with Gasteiger partial charge in [0.1, 0.15) is 18.6 Å². The van der Waals surface area contributed by atoms with Gasteiger partial charge in [-0.15, -0.1) is 5.10 Å². The van der Waals surface area contributed by atoms with E-state index in [-0.39, 0.29) is 24.9 Å². The number of hydrogen-bond acceptors (Lipinski definition) is 6. The Kier molecular flexibility index (Phi) is 4.77. The van der Waals surface area contributed by atoms with E-state index in [1.807, 2.05) is 13.8 Å². The summed E-state index contributed by atoms with van der Waals surface area (Å²) < 4.78 is 1.19. The zero-order chi connectivity index (χ0) is 16.1. The van der Waals surface area contributed by atoms with Crippen molar-refractivity contribution in [2.24, 2.45) is 0 Å². The second-order valence-electron chi connectivity index (χ2n) is 4.96. The number of amides is 1. The number of rotatable bonds is 6. The van der Waals surface area contributed by atoms with Crippen molar-refractivity contribution in [3.8, 4) is 0 Å². The Bertz CT molecular complexity index is 682. The van der Waals surface area contributed by atoms with Gasteiger partial charge in [0.05, 0.1) is 24.0 Å². The first-order valence-corrected chi connectivity index (χ1v) is 6.66. The van der Waals surface area contributed by atoms with Crippen molar-refractivity contribution in [1.29, 1.82) is 0 Å². The van der Waals surface area contributed by atoms with Crippen LogP contribution in [0.3, 0.4) is 0 Å². The van der Waals surface area contributed by atoms with Gasteiger partial charge in [-0.3, -0.25) is 9.59 Å². The van der Waals surface area contributed by atoms with Crippen LogP contribution in [0.25, 0.3) is 0 Å². The van der Waals surface area contributed by atoms with Crippen LogP contribution < -0.4 is 5.32 Å². The van der Waals surface area contributed by atoms with Gasteiger partial charge in [0.15, 0.2) is 0 Å². The van der Waals surface area contributed by atoms with E-state index >= 15 is 0 Å². The third kappa shape index (κ3) is 3.84. The predicted octanol–water partition coefficient (Wildman–Crippen LogP) is 0.206. The first-order chi connectivity index (χ1) is 10.5. The average Bonchev–Trinajstić information content (AvgIpc) is 2.91. The van der Waals surface area contributed by atoms with Crippen molar-refractivity contribution in [2.45, 2.75) is 32.9 Å².